The van der Waals surface area contributed by atoms with Crippen molar-refractivity contribution in [1.82, 2.24) is 10.3 Å². The number of alkyl halides is 3. The van der Waals surface area contributed by atoms with Crippen molar-refractivity contribution in [2.45, 2.75) is 52.1 Å². The number of fused-ring (bicyclic) bond motifs is 1. The minimum atomic E-state index is -4.43. The molecule has 0 aliphatic carbocycles. The van der Waals surface area contributed by atoms with E-state index in [1.807, 2.05) is 24.4 Å². The molecule has 0 bridgehead atoms. The van der Waals surface area contributed by atoms with Crippen LogP contribution in [0.4, 0.5) is 13.2 Å². The molecule has 1 amide bonds. The van der Waals surface area contributed by atoms with Crippen molar-refractivity contribution in [3.63, 3.8) is 0 Å². The second-order valence-electron chi connectivity index (χ2n) is 8.35. The Morgan fingerprint density at radius 3 is 2.55 bits per heavy atom. The fourth-order valence-electron chi connectivity index (χ4n) is 3.92. The molecule has 0 saturated carbocycles. The molecule has 166 valence electrons. The molecule has 0 radical (unpaired) electrons. The molecule has 0 spiro atoms. The van der Waals surface area contributed by atoms with Gasteiger partial charge in [-0.1, -0.05) is 57.2 Å². The van der Waals surface area contributed by atoms with E-state index in [1.54, 1.807) is 6.07 Å². The first-order valence-corrected chi connectivity index (χ1v) is 10.7. The molecular formula is C25H29F3N2O. The SMILES string of the molecule is CCc1cccc2c([C@H](CC(=O)NCCC(C)C)c3cccc(C(F)(F)F)c3)c[nH]c12. The number of rotatable bonds is 8. The van der Waals surface area contributed by atoms with Crippen molar-refractivity contribution in [2.75, 3.05) is 6.54 Å². The zero-order valence-corrected chi connectivity index (χ0v) is 18.1. The van der Waals surface area contributed by atoms with Crippen molar-refractivity contribution >= 4 is 16.8 Å². The second kappa shape index (κ2) is 9.58. The van der Waals surface area contributed by atoms with Gasteiger partial charge in [-0.25, -0.2) is 0 Å². The van der Waals surface area contributed by atoms with Crippen LogP contribution in [0.15, 0.2) is 48.7 Å². The van der Waals surface area contributed by atoms with Gasteiger partial charge in [0.2, 0.25) is 5.91 Å². The van der Waals surface area contributed by atoms with Crippen LogP contribution in [0.1, 0.15) is 61.8 Å². The standard InChI is InChI=1S/C25H29F3N2O/c1-4-17-7-6-10-20-22(15-30-24(17)20)21(14-23(31)29-12-11-16(2)3)18-8-5-9-19(13-18)25(26,27)28/h5-10,13,15-16,21,30H,4,11-12,14H2,1-3H3,(H,29,31)/t21-/m1/s1. The number of amides is 1. The van der Waals surface area contributed by atoms with Gasteiger partial charge in [-0.2, -0.15) is 13.2 Å². The Morgan fingerprint density at radius 2 is 1.87 bits per heavy atom. The molecule has 3 aromatic rings. The molecule has 2 aromatic carbocycles. The topological polar surface area (TPSA) is 44.9 Å². The minimum absolute atomic E-state index is 0.0860. The van der Waals surface area contributed by atoms with E-state index in [4.69, 9.17) is 0 Å². The number of aryl methyl sites for hydroxylation is 1. The molecule has 1 heterocycles. The number of nitrogens with one attached hydrogen (secondary N) is 2. The summed E-state index contributed by atoms with van der Waals surface area (Å²) >= 11 is 0. The van der Waals surface area contributed by atoms with Crippen molar-refractivity contribution in [3.8, 4) is 0 Å². The smallest absolute Gasteiger partial charge is 0.361 e. The van der Waals surface area contributed by atoms with E-state index in [0.29, 0.717) is 18.0 Å². The normalized spacial score (nSPS) is 13.0. The first-order chi connectivity index (χ1) is 14.7. The van der Waals surface area contributed by atoms with E-state index in [2.05, 4.69) is 31.1 Å². The molecule has 6 heteroatoms. The fraction of sp³-hybridized carbons (Fsp3) is 0.400. The van der Waals surface area contributed by atoms with E-state index in [9.17, 15) is 18.0 Å². The minimum Gasteiger partial charge on any atom is -0.361 e. The Bertz CT molecular complexity index is 1040. The summed E-state index contributed by atoms with van der Waals surface area (Å²) < 4.78 is 40.0. The average molecular weight is 431 g/mol. The van der Waals surface area contributed by atoms with Crippen LogP contribution in [0.2, 0.25) is 0 Å². The number of halogens is 3. The van der Waals surface area contributed by atoms with E-state index in [-0.39, 0.29) is 12.3 Å². The monoisotopic (exact) mass is 430 g/mol. The van der Waals surface area contributed by atoms with Crippen LogP contribution in [-0.4, -0.2) is 17.4 Å². The zero-order valence-electron chi connectivity index (χ0n) is 18.1. The number of hydrogen-bond donors (Lipinski definition) is 2. The van der Waals surface area contributed by atoms with Crippen molar-refractivity contribution in [1.29, 1.82) is 0 Å². The number of aromatic nitrogens is 1. The summed E-state index contributed by atoms with van der Waals surface area (Å²) in [7, 11) is 0. The van der Waals surface area contributed by atoms with Crippen LogP contribution in [0, 0.1) is 5.92 Å². The number of carbonyl (C=O) groups is 1. The second-order valence-corrected chi connectivity index (χ2v) is 8.35. The molecule has 2 N–H and O–H groups in total. The number of aromatic amines is 1. The molecule has 0 fully saturated rings. The summed E-state index contributed by atoms with van der Waals surface area (Å²) in [4.78, 5) is 16.0. The molecule has 0 aliphatic rings. The lowest BCUT2D eigenvalue weighted by molar-refractivity contribution is -0.137. The van der Waals surface area contributed by atoms with Gasteiger partial charge in [-0.3, -0.25) is 4.79 Å². The fourth-order valence-corrected chi connectivity index (χ4v) is 3.92. The molecule has 1 atom stereocenters. The zero-order chi connectivity index (χ0) is 22.6. The van der Waals surface area contributed by atoms with Gasteiger partial charge >= 0.3 is 6.18 Å². The molecule has 0 unspecified atom stereocenters. The van der Waals surface area contributed by atoms with Crippen LogP contribution in [0.25, 0.3) is 10.9 Å². The van der Waals surface area contributed by atoms with Crippen molar-refractivity contribution < 1.29 is 18.0 Å². The predicted octanol–water partition coefficient (Wildman–Crippen LogP) is 6.43. The molecular weight excluding hydrogens is 401 g/mol. The first kappa shape index (κ1) is 22.9. The Kier molecular flexibility index (Phi) is 7.08. The average Bonchev–Trinajstić information content (AvgIpc) is 3.15. The van der Waals surface area contributed by atoms with Gasteiger partial charge in [0.1, 0.15) is 0 Å². The number of hydrogen-bond acceptors (Lipinski definition) is 1. The van der Waals surface area contributed by atoms with E-state index >= 15 is 0 Å². The van der Waals surface area contributed by atoms with Gasteiger partial charge in [0, 0.05) is 36.0 Å². The highest BCUT2D eigenvalue weighted by Crippen LogP contribution is 2.37. The lowest BCUT2D eigenvalue weighted by atomic mass is 9.86. The quantitative estimate of drug-likeness (QED) is 0.425. The molecule has 3 rings (SSSR count). The lowest BCUT2D eigenvalue weighted by Gasteiger charge is -2.19. The van der Waals surface area contributed by atoms with Gasteiger partial charge in [0.15, 0.2) is 0 Å². The Labute approximate surface area is 181 Å². The molecule has 31 heavy (non-hydrogen) atoms. The number of H-pyrrole nitrogens is 1. The molecule has 3 nitrogen and oxygen atoms in total. The maximum atomic E-state index is 13.3. The third-order valence-electron chi connectivity index (χ3n) is 5.64. The number of benzene rings is 2. The van der Waals surface area contributed by atoms with Gasteiger partial charge in [-0.05, 0) is 41.5 Å². The van der Waals surface area contributed by atoms with Gasteiger partial charge in [0.25, 0.3) is 0 Å². The van der Waals surface area contributed by atoms with Crippen LogP contribution in [0.5, 0.6) is 0 Å². The van der Waals surface area contributed by atoms with Crippen molar-refractivity contribution in [3.05, 3.63) is 70.9 Å². The summed E-state index contributed by atoms with van der Waals surface area (Å²) in [5.74, 6) is -0.188. The summed E-state index contributed by atoms with van der Waals surface area (Å²) in [6, 6.07) is 11.2. The molecule has 1 aromatic heterocycles. The third-order valence-corrected chi connectivity index (χ3v) is 5.64. The van der Waals surface area contributed by atoms with Crippen LogP contribution in [0.3, 0.4) is 0 Å². The highest BCUT2D eigenvalue weighted by molar-refractivity contribution is 5.88. The first-order valence-electron chi connectivity index (χ1n) is 10.7. The maximum absolute atomic E-state index is 13.3. The van der Waals surface area contributed by atoms with Crippen LogP contribution in [-0.2, 0) is 17.4 Å². The summed E-state index contributed by atoms with van der Waals surface area (Å²) in [5, 5.41) is 3.86. The highest BCUT2D eigenvalue weighted by Gasteiger charge is 2.32. The van der Waals surface area contributed by atoms with E-state index in [1.165, 1.54) is 6.07 Å². The molecule has 0 aliphatic heterocycles. The van der Waals surface area contributed by atoms with Crippen LogP contribution >= 0.6 is 0 Å². The predicted molar refractivity (Wildman–Crippen MR) is 118 cm³/mol. The number of carbonyl (C=O) groups excluding carboxylic acids is 1. The van der Waals surface area contributed by atoms with Crippen LogP contribution < -0.4 is 5.32 Å². The number of para-hydroxylation sites is 1. The van der Waals surface area contributed by atoms with E-state index in [0.717, 1.165) is 47.0 Å². The van der Waals surface area contributed by atoms with Gasteiger partial charge in [0.05, 0.1) is 5.56 Å². The third kappa shape index (κ3) is 5.49. The Hall–Kier alpha value is -2.76. The highest BCUT2D eigenvalue weighted by atomic mass is 19.4. The summed E-state index contributed by atoms with van der Waals surface area (Å²) in [5.41, 5.74) is 2.72. The van der Waals surface area contributed by atoms with Gasteiger partial charge < -0.3 is 10.3 Å². The summed E-state index contributed by atoms with van der Waals surface area (Å²) in [6.45, 7) is 6.77. The lowest BCUT2D eigenvalue weighted by Crippen LogP contribution is -2.27. The van der Waals surface area contributed by atoms with Gasteiger partial charge in [-0.15, -0.1) is 0 Å². The van der Waals surface area contributed by atoms with Crippen molar-refractivity contribution in [2.24, 2.45) is 5.92 Å². The maximum Gasteiger partial charge on any atom is 0.416 e. The largest absolute Gasteiger partial charge is 0.416 e. The van der Waals surface area contributed by atoms with E-state index < -0.39 is 17.7 Å². The molecule has 0 saturated heterocycles. The Morgan fingerprint density at radius 1 is 1.13 bits per heavy atom. The Balaban J connectivity index is 2.01. The summed E-state index contributed by atoms with van der Waals surface area (Å²) in [6.07, 6.45) is -0.831.